The van der Waals surface area contributed by atoms with Crippen molar-refractivity contribution in [1.82, 2.24) is 4.72 Å². The third-order valence-electron chi connectivity index (χ3n) is 4.48. The number of aryl methyl sites for hydroxylation is 1. The molecule has 1 aliphatic rings. The summed E-state index contributed by atoms with van der Waals surface area (Å²) in [5, 5.41) is 10.7. The van der Waals surface area contributed by atoms with E-state index < -0.39 is 15.6 Å². The zero-order valence-corrected chi connectivity index (χ0v) is 14.8. The van der Waals surface area contributed by atoms with Gasteiger partial charge in [-0.2, -0.15) is 0 Å². The number of sulfonamides is 1. The fourth-order valence-electron chi connectivity index (χ4n) is 3.04. The summed E-state index contributed by atoms with van der Waals surface area (Å²) in [7, 11) is -3.50. The van der Waals surface area contributed by atoms with Gasteiger partial charge in [0.15, 0.2) is 0 Å². The molecule has 5 nitrogen and oxygen atoms in total. The second kappa shape index (κ2) is 7.56. The number of rotatable bonds is 7. The van der Waals surface area contributed by atoms with Crippen molar-refractivity contribution in [2.24, 2.45) is 0 Å². The first-order chi connectivity index (χ1) is 12.0. The van der Waals surface area contributed by atoms with E-state index in [1.165, 1.54) is 5.56 Å². The van der Waals surface area contributed by atoms with Gasteiger partial charge in [0, 0.05) is 13.0 Å². The molecule has 2 aromatic carbocycles. The third kappa shape index (κ3) is 5.04. The molecule has 2 aromatic rings. The molecule has 0 spiro atoms. The number of hydrogen-bond acceptors (Lipinski definition) is 4. The second-order valence-electron chi connectivity index (χ2n) is 6.47. The molecule has 0 bridgehead atoms. The van der Waals surface area contributed by atoms with Gasteiger partial charge in [0.25, 0.3) is 0 Å². The number of aliphatic hydroxyl groups is 1. The molecule has 1 unspecified atom stereocenters. The first kappa shape index (κ1) is 17.9. The highest BCUT2D eigenvalue weighted by atomic mass is 32.2. The standard InChI is InChI=1S/C19H23NO4S/c21-19(11-10-16-6-4-5-7-17(16)14-19)15-20-25(22,23)13-12-24-18-8-2-1-3-9-18/h1-9,20-21H,10-15H2. The fraction of sp³-hybridized carbons (Fsp3) is 0.368. The van der Waals surface area contributed by atoms with Crippen LogP contribution in [0.25, 0.3) is 0 Å². The molecule has 0 fully saturated rings. The van der Waals surface area contributed by atoms with Crippen LogP contribution in [0.3, 0.4) is 0 Å². The lowest BCUT2D eigenvalue weighted by atomic mass is 9.80. The molecule has 0 saturated carbocycles. The van der Waals surface area contributed by atoms with Crippen molar-refractivity contribution in [3.63, 3.8) is 0 Å². The van der Waals surface area contributed by atoms with E-state index in [2.05, 4.69) is 10.8 Å². The largest absolute Gasteiger partial charge is 0.492 e. The van der Waals surface area contributed by atoms with Gasteiger partial charge in [-0.3, -0.25) is 0 Å². The van der Waals surface area contributed by atoms with Crippen LogP contribution in [0.4, 0.5) is 0 Å². The molecule has 134 valence electrons. The summed E-state index contributed by atoms with van der Waals surface area (Å²) in [6.07, 6.45) is 1.77. The zero-order valence-electron chi connectivity index (χ0n) is 14.0. The highest BCUT2D eigenvalue weighted by molar-refractivity contribution is 7.89. The maximum Gasteiger partial charge on any atom is 0.215 e. The summed E-state index contributed by atoms with van der Waals surface area (Å²) in [5.41, 5.74) is 1.27. The Morgan fingerprint density at radius 3 is 2.48 bits per heavy atom. The van der Waals surface area contributed by atoms with E-state index in [-0.39, 0.29) is 18.9 Å². The number of fused-ring (bicyclic) bond motifs is 1. The van der Waals surface area contributed by atoms with Crippen LogP contribution in [0.15, 0.2) is 54.6 Å². The molecular weight excluding hydrogens is 338 g/mol. The Bertz CT molecular complexity index is 807. The van der Waals surface area contributed by atoms with E-state index >= 15 is 0 Å². The van der Waals surface area contributed by atoms with Crippen LogP contribution in [0.1, 0.15) is 17.5 Å². The summed E-state index contributed by atoms with van der Waals surface area (Å²) in [6.45, 7) is 0.0929. The first-order valence-electron chi connectivity index (χ1n) is 8.40. The van der Waals surface area contributed by atoms with Gasteiger partial charge in [0.2, 0.25) is 10.0 Å². The van der Waals surface area contributed by atoms with Gasteiger partial charge in [-0.15, -0.1) is 0 Å². The quantitative estimate of drug-likeness (QED) is 0.790. The predicted molar refractivity (Wildman–Crippen MR) is 97.1 cm³/mol. The number of ether oxygens (including phenoxy) is 1. The van der Waals surface area contributed by atoms with E-state index in [0.717, 1.165) is 12.0 Å². The molecule has 0 amide bonds. The first-order valence-corrected chi connectivity index (χ1v) is 10.1. The Kier molecular flexibility index (Phi) is 5.42. The zero-order chi connectivity index (χ0) is 17.8. The highest BCUT2D eigenvalue weighted by Crippen LogP contribution is 2.28. The maximum atomic E-state index is 12.1. The van der Waals surface area contributed by atoms with Crippen molar-refractivity contribution in [3.8, 4) is 5.75 Å². The Hall–Kier alpha value is -1.89. The Morgan fingerprint density at radius 1 is 1.04 bits per heavy atom. The summed E-state index contributed by atoms with van der Waals surface area (Å²) in [5.74, 6) is 0.495. The normalized spacial score (nSPS) is 20.0. The van der Waals surface area contributed by atoms with E-state index in [9.17, 15) is 13.5 Å². The summed E-state index contributed by atoms with van der Waals surface area (Å²) >= 11 is 0. The number of nitrogens with one attached hydrogen (secondary N) is 1. The Labute approximate surface area is 148 Å². The molecule has 1 aliphatic carbocycles. The lowest BCUT2D eigenvalue weighted by Crippen LogP contribution is -2.47. The number of para-hydroxylation sites is 1. The molecule has 0 radical (unpaired) electrons. The average molecular weight is 361 g/mol. The Morgan fingerprint density at radius 2 is 1.72 bits per heavy atom. The fourth-order valence-corrected chi connectivity index (χ4v) is 3.97. The van der Waals surface area contributed by atoms with Crippen LogP contribution in [-0.2, 0) is 22.9 Å². The van der Waals surface area contributed by atoms with E-state index in [4.69, 9.17) is 4.74 Å². The lowest BCUT2D eigenvalue weighted by molar-refractivity contribution is 0.0317. The van der Waals surface area contributed by atoms with Crippen LogP contribution < -0.4 is 9.46 Å². The minimum Gasteiger partial charge on any atom is -0.492 e. The van der Waals surface area contributed by atoms with Gasteiger partial charge < -0.3 is 9.84 Å². The highest BCUT2D eigenvalue weighted by Gasteiger charge is 2.33. The molecular formula is C19H23NO4S. The van der Waals surface area contributed by atoms with Crippen LogP contribution in [-0.4, -0.2) is 38.0 Å². The topological polar surface area (TPSA) is 75.6 Å². The van der Waals surface area contributed by atoms with Crippen molar-refractivity contribution in [2.45, 2.75) is 24.9 Å². The smallest absolute Gasteiger partial charge is 0.215 e. The molecule has 0 aliphatic heterocycles. The van der Waals surface area contributed by atoms with Gasteiger partial charge >= 0.3 is 0 Å². The maximum absolute atomic E-state index is 12.1. The summed E-state index contributed by atoms with van der Waals surface area (Å²) < 4.78 is 32.3. The van der Waals surface area contributed by atoms with Gasteiger partial charge in [-0.05, 0) is 36.1 Å². The van der Waals surface area contributed by atoms with Crippen molar-refractivity contribution in [1.29, 1.82) is 0 Å². The molecule has 0 saturated heterocycles. The van der Waals surface area contributed by atoms with Gasteiger partial charge in [-0.1, -0.05) is 42.5 Å². The van der Waals surface area contributed by atoms with Crippen LogP contribution in [0.5, 0.6) is 5.75 Å². The third-order valence-corrected chi connectivity index (χ3v) is 5.77. The molecule has 25 heavy (non-hydrogen) atoms. The average Bonchev–Trinajstić information content (AvgIpc) is 2.61. The van der Waals surface area contributed by atoms with Crippen LogP contribution >= 0.6 is 0 Å². The molecule has 0 aromatic heterocycles. The van der Waals surface area contributed by atoms with Crippen molar-refractivity contribution < 1.29 is 18.3 Å². The van der Waals surface area contributed by atoms with Crippen molar-refractivity contribution in [3.05, 3.63) is 65.7 Å². The minimum absolute atomic E-state index is 0.0228. The van der Waals surface area contributed by atoms with Crippen LogP contribution in [0, 0.1) is 0 Å². The van der Waals surface area contributed by atoms with Gasteiger partial charge in [-0.25, -0.2) is 13.1 Å². The monoisotopic (exact) mass is 361 g/mol. The molecule has 0 heterocycles. The Balaban J connectivity index is 1.50. The lowest BCUT2D eigenvalue weighted by Gasteiger charge is -2.33. The summed E-state index contributed by atoms with van der Waals surface area (Å²) in [4.78, 5) is 0. The van der Waals surface area contributed by atoms with E-state index in [1.807, 2.05) is 36.4 Å². The predicted octanol–water partition coefficient (Wildman–Crippen LogP) is 1.90. The second-order valence-corrected chi connectivity index (χ2v) is 8.40. The SMILES string of the molecule is O=S(=O)(CCOc1ccccc1)NCC1(O)CCc2ccccc2C1. The van der Waals surface area contributed by atoms with Crippen molar-refractivity contribution >= 4 is 10.0 Å². The molecule has 1 atom stereocenters. The molecule has 3 rings (SSSR count). The molecule has 2 N–H and O–H groups in total. The van der Waals surface area contributed by atoms with Crippen LogP contribution in [0.2, 0.25) is 0 Å². The van der Waals surface area contributed by atoms with E-state index in [0.29, 0.717) is 18.6 Å². The van der Waals surface area contributed by atoms with Crippen molar-refractivity contribution in [2.75, 3.05) is 18.9 Å². The number of benzene rings is 2. The van der Waals surface area contributed by atoms with E-state index in [1.54, 1.807) is 12.1 Å². The van der Waals surface area contributed by atoms with Gasteiger partial charge in [0.05, 0.1) is 11.4 Å². The minimum atomic E-state index is -3.50. The number of hydrogen-bond donors (Lipinski definition) is 2. The summed E-state index contributed by atoms with van der Waals surface area (Å²) in [6, 6.07) is 17.1. The molecule has 6 heteroatoms. The van der Waals surface area contributed by atoms with Gasteiger partial charge in [0.1, 0.15) is 12.4 Å².